The summed E-state index contributed by atoms with van der Waals surface area (Å²) in [6.07, 6.45) is 7.93. The molecule has 154 valence electrons. The molecule has 4 rings (SSSR count). The van der Waals surface area contributed by atoms with E-state index in [0.717, 1.165) is 42.4 Å². The van der Waals surface area contributed by atoms with Crippen LogP contribution in [0.2, 0.25) is 0 Å². The first-order valence-corrected chi connectivity index (χ1v) is 12.3. The Labute approximate surface area is 180 Å². The topological polar surface area (TPSA) is 83.6 Å². The average Bonchev–Trinajstić information content (AvgIpc) is 3.43. The van der Waals surface area contributed by atoms with Gasteiger partial charge in [-0.3, -0.25) is 4.79 Å². The molecule has 0 saturated heterocycles. The second kappa shape index (κ2) is 8.88. The Morgan fingerprint density at radius 2 is 2.14 bits per heavy atom. The zero-order valence-corrected chi connectivity index (χ0v) is 18.7. The van der Waals surface area contributed by atoms with Crippen molar-refractivity contribution in [3.05, 3.63) is 21.8 Å². The monoisotopic (exact) mass is 429 g/mol. The standard InChI is InChI=1S/C21H27N5OS2/c1-3-26-19(14-6-4-5-7-14)24-25-21(26)28-12-18(27)23-20-16(11-22)15-9-8-13(2)10-17(15)29-20/h13-14H,3-10,12H2,1-2H3,(H,23,27). The van der Waals surface area contributed by atoms with Gasteiger partial charge in [-0.25, -0.2) is 0 Å². The summed E-state index contributed by atoms with van der Waals surface area (Å²) >= 11 is 3.00. The lowest BCUT2D eigenvalue weighted by Gasteiger charge is -2.17. The van der Waals surface area contributed by atoms with E-state index in [2.05, 4.69) is 40.0 Å². The molecule has 0 bridgehead atoms. The first-order chi connectivity index (χ1) is 14.1. The van der Waals surface area contributed by atoms with Crippen LogP contribution >= 0.6 is 23.1 Å². The van der Waals surface area contributed by atoms with Gasteiger partial charge in [0.1, 0.15) is 16.9 Å². The number of carbonyl (C=O) groups excluding carboxylic acids is 1. The fourth-order valence-corrected chi connectivity index (χ4v) is 6.63. The van der Waals surface area contributed by atoms with Crippen molar-refractivity contribution in [1.29, 1.82) is 5.26 Å². The lowest BCUT2D eigenvalue weighted by atomic mass is 9.89. The lowest BCUT2D eigenvalue weighted by molar-refractivity contribution is -0.113. The van der Waals surface area contributed by atoms with Crippen LogP contribution in [0.3, 0.4) is 0 Å². The van der Waals surface area contributed by atoms with Gasteiger partial charge in [-0.1, -0.05) is 31.5 Å². The van der Waals surface area contributed by atoms with E-state index in [1.165, 1.54) is 42.3 Å². The fourth-order valence-electron chi connectivity index (χ4n) is 4.44. The summed E-state index contributed by atoms with van der Waals surface area (Å²) in [5.74, 6) is 2.39. The number of nitriles is 1. The van der Waals surface area contributed by atoms with Crippen LogP contribution in [0.25, 0.3) is 0 Å². The van der Waals surface area contributed by atoms with Crippen LogP contribution in [-0.2, 0) is 24.2 Å². The predicted molar refractivity (Wildman–Crippen MR) is 116 cm³/mol. The van der Waals surface area contributed by atoms with Crippen molar-refractivity contribution < 1.29 is 4.79 Å². The van der Waals surface area contributed by atoms with Crippen molar-refractivity contribution in [2.75, 3.05) is 11.1 Å². The Morgan fingerprint density at radius 3 is 2.86 bits per heavy atom. The molecule has 1 N–H and O–H groups in total. The van der Waals surface area contributed by atoms with Gasteiger partial charge >= 0.3 is 0 Å². The summed E-state index contributed by atoms with van der Waals surface area (Å²) in [5.41, 5.74) is 1.81. The Morgan fingerprint density at radius 1 is 1.34 bits per heavy atom. The van der Waals surface area contributed by atoms with Gasteiger partial charge in [-0.15, -0.1) is 21.5 Å². The molecule has 0 aromatic carbocycles. The number of nitrogens with zero attached hydrogens (tertiary/aromatic N) is 4. The minimum absolute atomic E-state index is 0.0915. The SMILES string of the molecule is CCn1c(SCC(=O)Nc2sc3c(c2C#N)CCC(C)C3)nnc1C1CCCC1. The molecule has 2 aliphatic carbocycles. The molecule has 2 aromatic heterocycles. The van der Waals surface area contributed by atoms with Crippen LogP contribution in [0, 0.1) is 17.2 Å². The van der Waals surface area contributed by atoms with Crippen molar-refractivity contribution in [2.45, 2.75) is 76.4 Å². The molecule has 0 radical (unpaired) electrons. The van der Waals surface area contributed by atoms with E-state index < -0.39 is 0 Å². The molecule has 1 amide bonds. The second-order valence-corrected chi connectivity index (χ2v) is 10.1. The first-order valence-electron chi connectivity index (χ1n) is 10.5. The van der Waals surface area contributed by atoms with Gasteiger partial charge in [0.25, 0.3) is 0 Å². The smallest absolute Gasteiger partial charge is 0.235 e. The zero-order chi connectivity index (χ0) is 20.4. The van der Waals surface area contributed by atoms with E-state index in [0.29, 0.717) is 22.4 Å². The average molecular weight is 430 g/mol. The summed E-state index contributed by atoms with van der Waals surface area (Å²) in [4.78, 5) is 13.9. The molecule has 29 heavy (non-hydrogen) atoms. The molecule has 0 aliphatic heterocycles. The molecule has 1 atom stereocenters. The molecule has 2 heterocycles. The normalized spacial score (nSPS) is 19.1. The molecule has 1 saturated carbocycles. The third-order valence-corrected chi connectivity index (χ3v) is 8.13. The van der Waals surface area contributed by atoms with E-state index in [1.54, 1.807) is 11.3 Å². The van der Waals surface area contributed by atoms with E-state index in [-0.39, 0.29) is 11.7 Å². The minimum Gasteiger partial charge on any atom is -0.316 e. The molecular formula is C21H27N5OS2. The fraction of sp³-hybridized carbons (Fsp3) is 0.619. The zero-order valence-electron chi connectivity index (χ0n) is 17.0. The van der Waals surface area contributed by atoms with Crippen molar-refractivity contribution >= 4 is 34.0 Å². The first kappa shape index (κ1) is 20.4. The van der Waals surface area contributed by atoms with Gasteiger partial charge in [0.2, 0.25) is 5.91 Å². The lowest BCUT2D eigenvalue weighted by Crippen LogP contribution is -2.15. The van der Waals surface area contributed by atoms with Crippen LogP contribution in [-0.4, -0.2) is 26.4 Å². The second-order valence-electron chi connectivity index (χ2n) is 8.07. The van der Waals surface area contributed by atoms with Gasteiger partial charge in [-0.05, 0) is 50.5 Å². The van der Waals surface area contributed by atoms with Crippen molar-refractivity contribution in [3.8, 4) is 6.07 Å². The van der Waals surface area contributed by atoms with Crippen molar-refractivity contribution in [2.24, 2.45) is 5.92 Å². The quantitative estimate of drug-likeness (QED) is 0.670. The van der Waals surface area contributed by atoms with Gasteiger partial charge in [0.05, 0.1) is 11.3 Å². The summed E-state index contributed by atoms with van der Waals surface area (Å²) in [6, 6.07) is 2.31. The molecular weight excluding hydrogens is 402 g/mol. The van der Waals surface area contributed by atoms with E-state index in [4.69, 9.17) is 0 Å². The van der Waals surface area contributed by atoms with Gasteiger partial charge in [-0.2, -0.15) is 5.26 Å². The highest BCUT2D eigenvalue weighted by Gasteiger charge is 2.26. The van der Waals surface area contributed by atoms with Crippen LogP contribution in [0.15, 0.2) is 5.16 Å². The van der Waals surface area contributed by atoms with Crippen molar-refractivity contribution in [1.82, 2.24) is 14.8 Å². The van der Waals surface area contributed by atoms with E-state index in [9.17, 15) is 10.1 Å². The maximum atomic E-state index is 12.6. The van der Waals surface area contributed by atoms with Gasteiger partial charge < -0.3 is 9.88 Å². The third-order valence-electron chi connectivity index (χ3n) is 5.99. The number of aromatic nitrogens is 3. The summed E-state index contributed by atoms with van der Waals surface area (Å²) < 4.78 is 2.15. The number of amides is 1. The summed E-state index contributed by atoms with van der Waals surface area (Å²) in [6.45, 7) is 5.16. The number of hydrogen-bond donors (Lipinski definition) is 1. The van der Waals surface area contributed by atoms with E-state index in [1.807, 2.05) is 0 Å². The Balaban J connectivity index is 1.42. The van der Waals surface area contributed by atoms with Crippen LogP contribution in [0.4, 0.5) is 5.00 Å². The Bertz CT molecular complexity index is 936. The van der Waals surface area contributed by atoms with Gasteiger partial charge in [0, 0.05) is 17.3 Å². The Hall–Kier alpha value is -1.85. The highest BCUT2D eigenvalue weighted by Crippen LogP contribution is 2.39. The maximum Gasteiger partial charge on any atom is 0.235 e. The number of nitrogens with one attached hydrogen (secondary N) is 1. The predicted octanol–water partition coefficient (Wildman–Crippen LogP) is 4.74. The minimum atomic E-state index is -0.0915. The number of thioether (sulfide) groups is 1. The van der Waals surface area contributed by atoms with Crippen LogP contribution < -0.4 is 5.32 Å². The van der Waals surface area contributed by atoms with Crippen molar-refractivity contribution in [3.63, 3.8) is 0 Å². The molecule has 2 aromatic rings. The number of rotatable bonds is 6. The molecule has 6 nitrogen and oxygen atoms in total. The van der Waals surface area contributed by atoms with Gasteiger partial charge in [0.15, 0.2) is 5.16 Å². The number of fused-ring (bicyclic) bond motifs is 1. The number of carbonyl (C=O) groups is 1. The number of hydrogen-bond acceptors (Lipinski definition) is 6. The summed E-state index contributed by atoms with van der Waals surface area (Å²) in [7, 11) is 0. The number of anilines is 1. The Kier molecular flexibility index (Phi) is 6.26. The molecule has 0 spiro atoms. The van der Waals surface area contributed by atoms with Crippen LogP contribution in [0.5, 0.6) is 0 Å². The van der Waals surface area contributed by atoms with E-state index >= 15 is 0 Å². The molecule has 1 unspecified atom stereocenters. The number of thiophene rings is 1. The largest absolute Gasteiger partial charge is 0.316 e. The summed E-state index contributed by atoms with van der Waals surface area (Å²) in [5, 5.41) is 22.9. The third kappa shape index (κ3) is 4.22. The highest BCUT2D eigenvalue weighted by atomic mass is 32.2. The molecule has 1 fully saturated rings. The highest BCUT2D eigenvalue weighted by molar-refractivity contribution is 7.99. The molecule has 2 aliphatic rings. The van der Waals surface area contributed by atoms with Crippen LogP contribution in [0.1, 0.15) is 73.7 Å². The maximum absolute atomic E-state index is 12.6. The molecule has 8 heteroatoms.